The number of benzene rings is 1. The first-order chi connectivity index (χ1) is 12.9. The highest BCUT2D eigenvalue weighted by Crippen LogP contribution is 2.31. The number of sulfonamides is 1. The topological polar surface area (TPSA) is 101 Å². The Morgan fingerprint density at radius 2 is 2.04 bits per heavy atom. The van der Waals surface area contributed by atoms with Crippen LogP contribution in [0.1, 0.15) is 24.6 Å². The quantitative estimate of drug-likeness (QED) is 0.799. The van der Waals surface area contributed by atoms with Crippen LogP contribution >= 0.6 is 0 Å². The fourth-order valence-corrected chi connectivity index (χ4v) is 3.49. The zero-order valence-corrected chi connectivity index (χ0v) is 16.1. The van der Waals surface area contributed by atoms with E-state index in [9.17, 15) is 13.2 Å². The fraction of sp³-hybridized carbons (Fsp3) is 0.389. The third kappa shape index (κ3) is 4.81. The molecule has 27 heavy (non-hydrogen) atoms. The number of hydrogen-bond donors (Lipinski definition) is 1. The zero-order chi connectivity index (χ0) is 19.4. The molecule has 0 aliphatic carbocycles. The summed E-state index contributed by atoms with van der Waals surface area (Å²) in [6.07, 6.45) is 4.34. The van der Waals surface area contributed by atoms with Gasteiger partial charge in [0.2, 0.25) is 15.9 Å². The molecule has 1 unspecified atom stereocenters. The molecule has 1 N–H and O–H groups in total. The van der Waals surface area contributed by atoms with Crippen LogP contribution in [0, 0.1) is 0 Å². The van der Waals surface area contributed by atoms with Crippen molar-refractivity contribution in [1.29, 1.82) is 0 Å². The maximum atomic E-state index is 12.4. The first kappa shape index (κ1) is 19.2. The summed E-state index contributed by atoms with van der Waals surface area (Å²) in [6.45, 7) is 0.336. The molecule has 8 nitrogen and oxygen atoms in total. The van der Waals surface area contributed by atoms with Gasteiger partial charge in [-0.3, -0.25) is 4.79 Å². The van der Waals surface area contributed by atoms with Gasteiger partial charge in [0.25, 0.3) is 0 Å². The van der Waals surface area contributed by atoms with Crippen LogP contribution in [0.3, 0.4) is 0 Å². The SMILES string of the molecule is COc1ccc(-c2nccc(C3CCCN3C(=O)CNS(C)(=O)=O)n2)cc1. The Hall–Kier alpha value is -2.52. The van der Waals surface area contributed by atoms with Gasteiger partial charge in [0.05, 0.1) is 31.6 Å². The van der Waals surface area contributed by atoms with Crippen LogP contribution in [0.5, 0.6) is 5.75 Å². The van der Waals surface area contributed by atoms with Crippen LogP contribution in [-0.4, -0.2) is 55.6 Å². The Kier molecular flexibility index (Phi) is 5.71. The normalized spacial score (nSPS) is 17.1. The number of carbonyl (C=O) groups is 1. The van der Waals surface area contributed by atoms with Gasteiger partial charge in [-0.2, -0.15) is 0 Å². The molecule has 0 radical (unpaired) electrons. The van der Waals surface area contributed by atoms with E-state index in [1.807, 2.05) is 24.3 Å². The van der Waals surface area contributed by atoms with E-state index in [0.29, 0.717) is 12.4 Å². The second-order valence-corrected chi connectivity index (χ2v) is 8.21. The van der Waals surface area contributed by atoms with Gasteiger partial charge in [-0.05, 0) is 43.2 Å². The molecule has 9 heteroatoms. The molecule has 2 aromatic rings. The Labute approximate surface area is 158 Å². The number of nitrogens with zero attached hydrogens (tertiary/aromatic N) is 3. The third-order valence-electron chi connectivity index (χ3n) is 4.43. The summed E-state index contributed by atoms with van der Waals surface area (Å²) in [5, 5.41) is 0. The van der Waals surface area contributed by atoms with Gasteiger partial charge in [0.15, 0.2) is 5.82 Å². The molecule has 1 aliphatic heterocycles. The summed E-state index contributed by atoms with van der Waals surface area (Å²) in [6, 6.07) is 9.06. The molecular formula is C18H22N4O4S. The van der Waals surface area contributed by atoms with E-state index < -0.39 is 10.0 Å². The maximum Gasteiger partial charge on any atom is 0.238 e. The Balaban J connectivity index is 1.79. The second kappa shape index (κ2) is 8.01. The number of ether oxygens (including phenoxy) is 1. The van der Waals surface area contributed by atoms with Gasteiger partial charge in [-0.1, -0.05) is 0 Å². The van der Waals surface area contributed by atoms with E-state index in [1.165, 1.54) is 0 Å². The van der Waals surface area contributed by atoms with Crippen molar-refractivity contribution in [2.45, 2.75) is 18.9 Å². The molecule has 1 aromatic carbocycles. The average molecular weight is 390 g/mol. The van der Waals surface area contributed by atoms with E-state index in [0.717, 1.165) is 36.1 Å². The van der Waals surface area contributed by atoms with Crippen molar-refractivity contribution in [2.24, 2.45) is 0 Å². The van der Waals surface area contributed by atoms with Gasteiger partial charge in [-0.25, -0.2) is 23.1 Å². The lowest BCUT2D eigenvalue weighted by molar-refractivity contribution is -0.130. The van der Waals surface area contributed by atoms with Crippen molar-refractivity contribution < 1.29 is 17.9 Å². The Bertz CT molecular complexity index is 915. The second-order valence-electron chi connectivity index (χ2n) is 6.37. The van der Waals surface area contributed by atoms with Crippen molar-refractivity contribution in [3.63, 3.8) is 0 Å². The van der Waals surface area contributed by atoms with Crippen LogP contribution in [0.25, 0.3) is 11.4 Å². The summed E-state index contributed by atoms with van der Waals surface area (Å²) in [5.41, 5.74) is 1.60. The van der Waals surface area contributed by atoms with Gasteiger partial charge >= 0.3 is 0 Å². The number of methoxy groups -OCH3 is 1. The largest absolute Gasteiger partial charge is 0.497 e. The van der Waals surface area contributed by atoms with Crippen molar-refractivity contribution in [3.05, 3.63) is 42.2 Å². The predicted molar refractivity (Wildman–Crippen MR) is 101 cm³/mol. The molecule has 2 heterocycles. The van der Waals surface area contributed by atoms with Gasteiger partial charge in [-0.15, -0.1) is 0 Å². The molecule has 1 amide bonds. The van der Waals surface area contributed by atoms with Crippen molar-refractivity contribution in [1.82, 2.24) is 19.6 Å². The molecule has 0 bridgehead atoms. The van der Waals surface area contributed by atoms with Crippen molar-refractivity contribution in [3.8, 4) is 17.1 Å². The Morgan fingerprint density at radius 1 is 1.30 bits per heavy atom. The average Bonchev–Trinajstić information content (AvgIpc) is 3.16. The monoisotopic (exact) mass is 390 g/mol. The minimum absolute atomic E-state index is 0.182. The lowest BCUT2D eigenvalue weighted by Gasteiger charge is -2.24. The molecular weight excluding hydrogens is 368 g/mol. The summed E-state index contributed by atoms with van der Waals surface area (Å²) < 4.78 is 29.9. The van der Waals surface area contributed by atoms with Crippen LogP contribution < -0.4 is 9.46 Å². The van der Waals surface area contributed by atoms with Gasteiger partial charge in [0, 0.05) is 18.3 Å². The van der Waals surface area contributed by atoms with E-state index >= 15 is 0 Å². The number of likely N-dealkylation sites (tertiary alicyclic amines) is 1. The minimum Gasteiger partial charge on any atom is -0.497 e. The van der Waals surface area contributed by atoms with Gasteiger partial charge in [0.1, 0.15) is 5.75 Å². The number of amides is 1. The van der Waals surface area contributed by atoms with E-state index in [1.54, 1.807) is 24.3 Å². The van der Waals surface area contributed by atoms with E-state index in [2.05, 4.69) is 14.7 Å². The highest BCUT2D eigenvalue weighted by molar-refractivity contribution is 7.88. The van der Waals surface area contributed by atoms with Crippen LogP contribution in [0.4, 0.5) is 0 Å². The van der Waals surface area contributed by atoms with Crippen LogP contribution in [-0.2, 0) is 14.8 Å². The number of aromatic nitrogens is 2. The molecule has 0 saturated carbocycles. The van der Waals surface area contributed by atoms with Crippen LogP contribution in [0.15, 0.2) is 36.5 Å². The summed E-state index contributed by atoms with van der Waals surface area (Å²) in [5.74, 6) is 1.07. The highest BCUT2D eigenvalue weighted by Gasteiger charge is 2.31. The molecule has 1 aliphatic rings. The molecule has 1 aromatic heterocycles. The van der Waals surface area contributed by atoms with E-state index in [4.69, 9.17) is 4.74 Å². The third-order valence-corrected chi connectivity index (χ3v) is 5.09. The van der Waals surface area contributed by atoms with Crippen molar-refractivity contribution >= 4 is 15.9 Å². The van der Waals surface area contributed by atoms with Crippen LogP contribution in [0.2, 0.25) is 0 Å². The Morgan fingerprint density at radius 3 is 2.70 bits per heavy atom. The first-order valence-electron chi connectivity index (χ1n) is 8.59. The number of nitrogens with one attached hydrogen (secondary N) is 1. The molecule has 0 spiro atoms. The molecule has 3 rings (SSSR count). The minimum atomic E-state index is -3.41. The maximum absolute atomic E-state index is 12.4. The van der Waals surface area contributed by atoms with Gasteiger partial charge < -0.3 is 9.64 Å². The predicted octanol–water partition coefficient (Wildman–Crippen LogP) is 1.36. The summed E-state index contributed by atoms with van der Waals surface area (Å²) in [4.78, 5) is 23.1. The smallest absolute Gasteiger partial charge is 0.238 e. The fourth-order valence-electron chi connectivity index (χ4n) is 3.10. The van der Waals surface area contributed by atoms with E-state index in [-0.39, 0.29) is 18.5 Å². The standard InChI is InChI=1S/C18H22N4O4S/c1-26-14-7-5-13(6-8-14)18-19-10-9-15(21-18)16-4-3-11-22(16)17(23)12-20-27(2,24)25/h5-10,16,20H,3-4,11-12H2,1-2H3. The number of rotatable bonds is 6. The first-order valence-corrected chi connectivity index (χ1v) is 10.5. The zero-order valence-electron chi connectivity index (χ0n) is 15.3. The number of carbonyl (C=O) groups excluding carboxylic acids is 1. The highest BCUT2D eigenvalue weighted by atomic mass is 32.2. The lowest BCUT2D eigenvalue weighted by Crippen LogP contribution is -2.39. The molecule has 144 valence electrons. The van der Waals surface area contributed by atoms with Crippen molar-refractivity contribution in [2.75, 3.05) is 26.5 Å². The molecule has 1 saturated heterocycles. The number of hydrogen-bond acceptors (Lipinski definition) is 6. The summed E-state index contributed by atoms with van der Waals surface area (Å²) >= 11 is 0. The molecule has 1 fully saturated rings. The molecule has 1 atom stereocenters. The summed E-state index contributed by atoms with van der Waals surface area (Å²) in [7, 11) is -1.81. The lowest BCUT2D eigenvalue weighted by atomic mass is 10.1.